The molecule has 4 nitrogen and oxygen atoms in total. The van der Waals surface area contributed by atoms with E-state index in [9.17, 15) is 0 Å². The maximum atomic E-state index is 4.25. The highest BCUT2D eigenvalue weighted by Crippen LogP contribution is 2.33. The zero-order valence-corrected chi connectivity index (χ0v) is 10.3. The standard InChI is InChI=1S/C12H22N4/c1-3-10-5-4-6-12(7-10)16-9-11(8-13-2)14-15-16/h9-10,12-13H,3-8H2,1-2H3. The summed E-state index contributed by atoms with van der Waals surface area (Å²) in [5.74, 6) is 0.885. The van der Waals surface area contributed by atoms with Gasteiger partial charge in [-0.2, -0.15) is 0 Å². The van der Waals surface area contributed by atoms with Crippen molar-refractivity contribution in [1.29, 1.82) is 0 Å². The lowest BCUT2D eigenvalue weighted by Crippen LogP contribution is -2.19. The zero-order chi connectivity index (χ0) is 11.4. The summed E-state index contributed by atoms with van der Waals surface area (Å²) in [6.07, 6.45) is 8.67. The second-order valence-corrected chi connectivity index (χ2v) is 4.81. The third kappa shape index (κ3) is 2.61. The minimum atomic E-state index is 0.580. The molecule has 1 N–H and O–H groups in total. The van der Waals surface area contributed by atoms with Crippen molar-refractivity contribution in [3.05, 3.63) is 11.9 Å². The lowest BCUT2D eigenvalue weighted by Gasteiger charge is -2.28. The Morgan fingerprint density at radius 2 is 2.38 bits per heavy atom. The molecule has 0 bridgehead atoms. The van der Waals surface area contributed by atoms with Crippen LogP contribution < -0.4 is 5.32 Å². The van der Waals surface area contributed by atoms with E-state index in [1.807, 2.05) is 7.05 Å². The first-order valence-corrected chi connectivity index (χ1v) is 6.38. The minimum absolute atomic E-state index is 0.580. The summed E-state index contributed by atoms with van der Waals surface area (Å²) in [5.41, 5.74) is 1.04. The van der Waals surface area contributed by atoms with Gasteiger partial charge in [-0.1, -0.05) is 31.4 Å². The van der Waals surface area contributed by atoms with Gasteiger partial charge in [-0.15, -0.1) is 5.10 Å². The van der Waals surface area contributed by atoms with Crippen LogP contribution in [-0.2, 0) is 6.54 Å². The van der Waals surface area contributed by atoms with Crippen LogP contribution in [0.15, 0.2) is 6.20 Å². The third-order valence-electron chi connectivity index (χ3n) is 3.62. The third-order valence-corrected chi connectivity index (χ3v) is 3.62. The predicted octanol–water partition coefficient (Wildman–Crippen LogP) is 2.14. The SMILES string of the molecule is CCC1CCCC(n2cc(CNC)nn2)C1. The molecule has 2 atom stereocenters. The van der Waals surface area contributed by atoms with Crippen LogP contribution in [-0.4, -0.2) is 22.0 Å². The lowest BCUT2D eigenvalue weighted by atomic mass is 9.84. The minimum Gasteiger partial charge on any atom is -0.314 e. The second-order valence-electron chi connectivity index (χ2n) is 4.81. The fraction of sp³-hybridized carbons (Fsp3) is 0.833. The summed E-state index contributed by atoms with van der Waals surface area (Å²) in [5, 5.41) is 11.5. The average molecular weight is 222 g/mol. The Bertz CT molecular complexity index is 321. The molecule has 0 aromatic carbocycles. The predicted molar refractivity (Wildman–Crippen MR) is 64.1 cm³/mol. The van der Waals surface area contributed by atoms with E-state index in [-0.39, 0.29) is 0 Å². The summed E-state index contributed by atoms with van der Waals surface area (Å²) < 4.78 is 2.08. The average Bonchev–Trinajstić information content (AvgIpc) is 2.78. The van der Waals surface area contributed by atoms with Crippen LogP contribution in [0.5, 0.6) is 0 Å². The van der Waals surface area contributed by atoms with Gasteiger partial charge in [0.25, 0.3) is 0 Å². The van der Waals surface area contributed by atoms with Gasteiger partial charge in [0.15, 0.2) is 0 Å². The Hall–Kier alpha value is -0.900. The largest absolute Gasteiger partial charge is 0.314 e. The van der Waals surface area contributed by atoms with E-state index in [0.29, 0.717) is 6.04 Å². The van der Waals surface area contributed by atoms with Gasteiger partial charge < -0.3 is 5.32 Å². The number of hydrogen-bond acceptors (Lipinski definition) is 3. The van der Waals surface area contributed by atoms with E-state index < -0.39 is 0 Å². The van der Waals surface area contributed by atoms with Crippen molar-refractivity contribution in [2.75, 3.05) is 7.05 Å². The number of hydrogen-bond donors (Lipinski definition) is 1. The lowest BCUT2D eigenvalue weighted by molar-refractivity contribution is 0.245. The van der Waals surface area contributed by atoms with Gasteiger partial charge >= 0.3 is 0 Å². The highest BCUT2D eigenvalue weighted by Gasteiger charge is 2.22. The van der Waals surface area contributed by atoms with Crippen molar-refractivity contribution in [1.82, 2.24) is 20.3 Å². The first kappa shape index (κ1) is 11.6. The number of nitrogens with one attached hydrogen (secondary N) is 1. The molecule has 90 valence electrons. The molecule has 0 radical (unpaired) electrons. The summed E-state index contributed by atoms with van der Waals surface area (Å²) in [4.78, 5) is 0. The van der Waals surface area contributed by atoms with Crippen LogP contribution in [0.1, 0.15) is 50.8 Å². The van der Waals surface area contributed by atoms with Crippen molar-refractivity contribution in [3.63, 3.8) is 0 Å². The van der Waals surface area contributed by atoms with Crippen LogP contribution in [0.2, 0.25) is 0 Å². The molecule has 1 aromatic heterocycles. The quantitative estimate of drug-likeness (QED) is 0.848. The first-order chi connectivity index (χ1) is 7.83. The fourth-order valence-corrected chi connectivity index (χ4v) is 2.63. The topological polar surface area (TPSA) is 42.7 Å². The molecular formula is C12H22N4. The van der Waals surface area contributed by atoms with Crippen molar-refractivity contribution in [2.45, 2.75) is 51.6 Å². The number of aromatic nitrogens is 3. The maximum Gasteiger partial charge on any atom is 0.0964 e. The molecule has 1 aromatic rings. The zero-order valence-electron chi connectivity index (χ0n) is 10.3. The fourth-order valence-electron chi connectivity index (χ4n) is 2.63. The van der Waals surface area contributed by atoms with Gasteiger partial charge in [-0.3, -0.25) is 0 Å². The Labute approximate surface area is 97.4 Å². The van der Waals surface area contributed by atoms with Crippen LogP contribution >= 0.6 is 0 Å². The van der Waals surface area contributed by atoms with Crippen LogP contribution in [0.25, 0.3) is 0 Å². The Morgan fingerprint density at radius 1 is 1.50 bits per heavy atom. The summed E-state index contributed by atoms with van der Waals surface area (Å²) in [6, 6.07) is 0.580. The summed E-state index contributed by atoms with van der Waals surface area (Å²) >= 11 is 0. The molecule has 16 heavy (non-hydrogen) atoms. The highest BCUT2D eigenvalue weighted by molar-refractivity contribution is 4.93. The monoisotopic (exact) mass is 222 g/mol. The van der Waals surface area contributed by atoms with Crippen molar-refractivity contribution >= 4 is 0 Å². The molecule has 0 spiro atoms. The maximum absolute atomic E-state index is 4.25. The van der Waals surface area contributed by atoms with Crippen LogP contribution in [0, 0.1) is 5.92 Å². The van der Waals surface area contributed by atoms with Gasteiger partial charge in [-0.05, 0) is 25.8 Å². The van der Waals surface area contributed by atoms with E-state index >= 15 is 0 Å². The van der Waals surface area contributed by atoms with Crippen molar-refractivity contribution < 1.29 is 0 Å². The molecule has 4 heteroatoms. The van der Waals surface area contributed by atoms with Gasteiger partial charge in [0.2, 0.25) is 0 Å². The van der Waals surface area contributed by atoms with Gasteiger partial charge in [0.05, 0.1) is 17.9 Å². The van der Waals surface area contributed by atoms with Gasteiger partial charge in [-0.25, -0.2) is 4.68 Å². The molecule has 1 aliphatic rings. The molecule has 0 aliphatic heterocycles. The Morgan fingerprint density at radius 3 is 3.12 bits per heavy atom. The van der Waals surface area contributed by atoms with Crippen molar-refractivity contribution in [2.24, 2.45) is 5.92 Å². The van der Waals surface area contributed by atoms with E-state index in [0.717, 1.165) is 18.2 Å². The van der Waals surface area contributed by atoms with E-state index in [4.69, 9.17) is 0 Å². The molecule has 2 rings (SSSR count). The van der Waals surface area contributed by atoms with Crippen molar-refractivity contribution in [3.8, 4) is 0 Å². The van der Waals surface area contributed by atoms with Crippen LogP contribution in [0.4, 0.5) is 0 Å². The first-order valence-electron chi connectivity index (χ1n) is 6.38. The second kappa shape index (κ2) is 5.43. The van der Waals surface area contributed by atoms with Gasteiger partial charge in [0.1, 0.15) is 0 Å². The molecular weight excluding hydrogens is 200 g/mol. The molecule has 2 unspecified atom stereocenters. The molecule has 1 saturated carbocycles. The number of nitrogens with zero attached hydrogens (tertiary/aromatic N) is 3. The summed E-state index contributed by atoms with van der Waals surface area (Å²) in [6.45, 7) is 3.10. The molecule has 1 fully saturated rings. The van der Waals surface area contributed by atoms with Gasteiger partial charge in [0, 0.05) is 6.54 Å². The van der Waals surface area contributed by atoms with E-state index in [2.05, 4.69) is 33.4 Å². The smallest absolute Gasteiger partial charge is 0.0964 e. The van der Waals surface area contributed by atoms with E-state index in [1.54, 1.807) is 0 Å². The molecule has 0 amide bonds. The molecule has 1 heterocycles. The molecule has 1 aliphatic carbocycles. The van der Waals surface area contributed by atoms with E-state index in [1.165, 1.54) is 32.1 Å². The number of rotatable bonds is 4. The Kier molecular flexibility index (Phi) is 3.93. The summed E-state index contributed by atoms with van der Waals surface area (Å²) in [7, 11) is 1.94. The molecule has 0 saturated heterocycles. The van der Waals surface area contributed by atoms with Crippen LogP contribution in [0.3, 0.4) is 0 Å². The Balaban J connectivity index is 1.99. The normalized spacial score (nSPS) is 25.9. The highest BCUT2D eigenvalue weighted by atomic mass is 15.4.